The van der Waals surface area contributed by atoms with E-state index in [0.717, 1.165) is 23.3 Å². The summed E-state index contributed by atoms with van der Waals surface area (Å²) in [6.07, 6.45) is -4.42. The second-order valence-electron chi connectivity index (χ2n) is 6.61. The summed E-state index contributed by atoms with van der Waals surface area (Å²) in [5.41, 5.74) is 1.87. The first-order valence-corrected chi connectivity index (χ1v) is 8.54. The molecule has 1 fully saturated rings. The van der Waals surface area contributed by atoms with E-state index in [0.29, 0.717) is 25.3 Å². The van der Waals surface area contributed by atoms with Gasteiger partial charge in [-0.15, -0.1) is 0 Å². The number of carbonyl (C=O) groups is 1. The van der Waals surface area contributed by atoms with Gasteiger partial charge in [0.1, 0.15) is 0 Å². The van der Waals surface area contributed by atoms with Crippen LogP contribution in [-0.2, 0) is 17.5 Å². The Balaban J connectivity index is 1.77. The van der Waals surface area contributed by atoms with Crippen LogP contribution in [0.25, 0.3) is 0 Å². The molecular formula is C20H21F3N2O. The van der Waals surface area contributed by atoms with Crippen LogP contribution in [0.15, 0.2) is 48.5 Å². The second kappa shape index (κ2) is 7.11. The van der Waals surface area contributed by atoms with E-state index in [9.17, 15) is 18.0 Å². The fourth-order valence-corrected chi connectivity index (χ4v) is 3.24. The molecule has 0 bridgehead atoms. The van der Waals surface area contributed by atoms with Crippen LogP contribution in [0.3, 0.4) is 0 Å². The fraction of sp³-hybridized carbons (Fsp3) is 0.350. The highest BCUT2D eigenvalue weighted by Gasteiger charge is 2.34. The highest BCUT2D eigenvalue weighted by atomic mass is 19.4. The van der Waals surface area contributed by atoms with Crippen molar-refractivity contribution in [1.29, 1.82) is 0 Å². The third-order valence-electron chi connectivity index (χ3n) is 4.90. The molecule has 1 atom stereocenters. The topological polar surface area (TPSA) is 23.6 Å². The van der Waals surface area contributed by atoms with Gasteiger partial charge in [0.2, 0.25) is 5.91 Å². The Hall–Kier alpha value is -2.34. The van der Waals surface area contributed by atoms with Gasteiger partial charge in [-0.2, -0.15) is 13.2 Å². The smallest absolute Gasteiger partial charge is 0.310 e. The Morgan fingerprint density at radius 3 is 2.50 bits per heavy atom. The van der Waals surface area contributed by atoms with E-state index in [2.05, 4.69) is 4.90 Å². The van der Waals surface area contributed by atoms with Crippen molar-refractivity contribution in [1.82, 2.24) is 4.90 Å². The van der Waals surface area contributed by atoms with Crippen LogP contribution in [0, 0.1) is 6.92 Å². The van der Waals surface area contributed by atoms with Gasteiger partial charge >= 0.3 is 6.18 Å². The van der Waals surface area contributed by atoms with Crippen LogP contribution >= 0.6 is 0 Å². The molecule has 1 saturated heterocycles. The maximum absolute atomic E-state index is 12.9. The minimum atomic E-state index is -4.42. The van der Waals surface area contributed by atoms with Crippen LogP contribution in [0.2, 0.25) is 0 Å². The molecule has 1 aliphatic rings. The predicted molar refractivity (Wildman–Crippen MR) is 94.8 cm³/mol. The molecular weight excluding hydrogens is 341 g/mol. The molecule has 2 aromatic carbocycles. The number of carbonyl (C=O) groups excluding carboxylic acids is 1. The Bertz CT molecular complexity index is 804. The number of nitrogens with zero attached hydrogens (tertiary/aromatic N) is 2. The molecule has 3 nitrogen and oxygen atoms in total. The quantitative estimate of drug-likeness (QED) is 0.815. The van der Waals surface area contributed by atoms with Crippen molar-refractivity contribution in [3.63, 3.8) is 0 Å². The molecule has 3 rings (SSSR count). The SMILES string of the molecule is Cc1ccccc1CN1CCN(c2cccc(C(F)(F)F)c2)C(=O)[C@H]1C. The lowest BCUT2D eigenvalue weighted by atomic mass is 10.1. The van der Waals surface area contributed by atoms with E-state index in [1.54, 1.807) is 13.0 Å². The molecule has 0 aliphatic carbocycles. The normalized spacial score (nSPS) is 19.0. The Morgan fingerprint density at radius 2 is 1.81 bits per heavy atom. The molecule has 0 unspecified atom stereocenters. The summed E-state index contributed by atoms with van der Waals surface area (Å²) in [6, 6.07) is 12.6. The molecule has 2 aromatic rings. The number of hydrogen-bond acceptors (Lipinski definition) is 2. The first kappa shape index (κ1) is 18.5. The molecule has 6 heteroatoms. The van der Waals surface area contributed by atoms with Gasteiger partial charge in [-0.1, -0.05) is 30.3 Å². The number of alkyl halides is 3. The lowest BCUT2D eigenvalue weighted by Gasteiger charge is -2.39. The van der Waals surface area contributed by atoms with Crippen LogP contribution < -0.4 is 4.90 Å². The first-order chi connectivity index (χ1) is 12.3. The van der Waals surface area contributed by atoms with E-state index in [4.69, 9.17) is 0 Å². The molecule has 0 spiro atoms. The maximum atomic E-state index is 12.9. The molecule has 26 heavy (non-hydrogen) atoms. The summed E-state index contributed by atoms with van der Waals surface area (Å²) < 4.78 is 38.8. The summed E-state index contributed by atoms with van der Waals surface area (Å²) >= 11 is 0. The Morgan fingerprint density at radius 1 is 1.08 bits per heavy atom. The fourth-order valence-electron chi connectivity index (χ4n) is 3.24. The van der Waals surface area contributed by atoms with Gasteiger partial charge in [0.15, 0.2) is 0 Å². The van der Waals surface area contributed by atoms with Crippen molar-refractivity contribution < 1.29 is 18.0 Å². The summed E-state index contributed by atoms with van der Waals surface area (Å²) in [4.78, 5) is 16.3. The molecule has 0 aromatic heterocycles. The van der Waals surface area contributed by atoms with Crippen molar-refractivity contribution in [2.75, 3.05) is 18.0 Å². The van der Waals surface area contributed by atoms with Gasteiger partial charge in [0, 0.05) is 25.3 Å². The molecule has 1 amide bonds. The first-order valence-electron chi connectivity index (χ1n) is 8.54. The number of piperazine rings is 1. The number of benzene rings is 2. The number of halogens is 3. The summed E-state index contributed by atoms with van der Waals surface area (Å²) in [7, 11) is 0. The van der Waals surface area contributed by atoms with Crippen LogP contribution in [-0.4, -0.2) is 29.9 Å². The van der Waals surface area contributed by atoms with Gasteiger partial charge in [-0.05, 0) is 43.2 Å². The zero-order valence-corrected chi connectivity index (χ0v) is 14.8. The Kier molecular flexibility index (Phi) is 5.05. The van der Waals surface area contributed by atoms with Gasteiger partial charge in [-0.3, -0.25) is 9.69 Å². The number of anilines is 1. The molecule has 1 aliphatic heterocycles. The van der Waals surface area contributed by atoms with Gasteiger partial charge in [-0.25, -0.2) is 0 Å². The lowest BCUT2D eigenvalue weighted by Crippen LogP contribution is -2.55. The largest absolute Gasteiger partial charge is 0.416 e. The van der Waals surface area contributed by atoms with E-state index in [1.165, 1.54) is 11.0 Å². The van der Waals surface area contributed by atoms with Gasteiger partial charge in [0.05, 0.1) is 11.6 Å². The van der Waals surface area contributed by atoms with Crippen LogP contribution in [0.1, 0.15) is 23.6 Å². The number of aryl methyl sites for hydroxylation is 1. The molecule has 1 heterocycles. The van der Waals surface area contributed by atoms with E-state index in [1.807, 2.05) is 31.2 Å². The van der Waals surface area contributed by atoms with Crippen molar-refractivity contribution in [2.24, 2.45) is 0 Å². The number of rotatable bonds is 3. The zero-order chi connectivity index (χ0) is 18.9. The van der Waals surface area contributed by atoms with Crippen molar-refractivity contribution in [3.05, 3.63) is 65.2 Å². The zero-order valence-electron chi connectivity index (χ0n) is 14.8. The van der Waals surface area contributed by atoms with E-state index in [-0.39, 0.29) is 5.91 Å². The van der Waals surface area contributed by atoms with E-state index >= 15 is 0 Å². The highest BCUT2D eigenvalue weighted by molar-refractivity contribution is 5.97. The van der Waals surface area contributed by atoms with Crippen LogP contribution in [0.4, 0.5) is 18.9 Å². The Labute approximate surface area is 151 Å². The lowest BCUT2D eigenvalue weighted by molar-refractivity contribution is -0.137. The van der Waals surface area contributed by atoms with Crippen molar-refractivity contribution in [2.45, 2.75) is 32.6 Å². The molecule has 138 valence electrons. The van der Waals surface area contributed by atoms with Gasteiger partial charge < -0.3 is 4.90 Å². The van der Waals surface area contributed by atoms with Crippen LogP contribution in [0.5, 0.6) is 0 Å². The minimum absolute atomic E-state index is 0.177. The average Bonchev–Trinajstić information content (AvgIpc) is 2.60. The minimum Gasteiger partial charge on any atom is -0.310 e. The molecule has 0 saturated carbocycles. The van der Waals surface area contributed by atoms with Crippen molar-refractivity contribution >= 4 is 11.6 Å². The third-order valence-corrected chi connectivity index (χ3v) is 4.90. The van der Waals surface area contributed by atoms with Crippen molar-refractivity contribution in [3.8, 4) is 0 Å². The number of hydrogen-bond donors (Lipinski definition) is 0. The summed E-state index contributed by atoms with van der Waals surface area (Å²) in [5.74, 6) is -0.177. The molecule has 0 N–H and O–H groups in total. The monoisotopic (exact) mass is 362 g/mol. The second-order valence-corrected chi connectivity index (χ2v) is 6.61. The maximum Gasteiger partial charge on any atom is 0.416 e. The average molecular weight is 362 g/mol. The third kappa shape index (κ3) is 3.75. The highest BCUT2D eigenvalue weighted by Crippen LogP contribution is 2.32. The van der Waals surface area contributed by atoms with E-state index < -0.39 is 17.8 Å². The summed E-state index contributed by atoms with van der Waals surface area (Å²) in [5, 5.41) is 0. The number of amides is 1. The predicted octanol–water partition coefficient (Wildman–Crippen LogP) is 4.25. The standard InChI is InChI=1S/C20H21F3N2O/c1-14-6-3-4-7-16(14)13-24-10-11-25(19(26)15(24)2)18-9-5-8-17(12-18)20(21,22)23/h3-9,12,15H,10-11,13H2,1-2H3/t15-/m1/s1. The van der Waals surface area contributed by atoms with Gasteiger partial charge in [0.25, 0.3) is 0 Å². The summed E-state index contributed by atoms with van der Waals surface area (Å²) in [6.45, 7) is 5.46. The molecule has 0 radical (unpaired) electrons.